The summed E-state index contributed by atoms with van der Waals surface area (Å²) in [6, 6.07) is 0. The standard InChI is InChI=1S/C55H110O3S/c1-4-7-10-13-16-19-22-25-27-29-32-34-37-40-43-46-49-52(56)54(57)55(58,53(59)50-47-44-41-38-35-31-24-21-18-15-12-9-6-3)51-48-45-42-39-36-33-30-28-26-23-20-17-14-11-8-5-2/h52,54,56-58H,4-51H2,1-3H3. The van der Waals surface area contributed by atoms with Gasteiger partial charge in [-0.05, 0) is 25.7 Å². The molecular weight excluding hydrogens is 741 g/mol. The Kier molecular flexibility index (Phi) is 47.4. The Balaban J connectivity index is 4.45. The van der Waals surface area contributed by atoms with Gasteiger partial charge in [-0.3, -0.25) is 0 Å². The van der Waals surface area contributed by atoms with Gasteiger partial charge in [-0.15, -0.1) is 0 Å². The second-order valence-electron chi connectivity index (χ2n) is 19.5. The predicted molar refractivity (Wildman–Crippen MR) is 268 cm³/mol. The Morgan fingerprint density at radius 1 is 0.339 bits per heavy atom. The highest BCUT2D eigenvalue weighted by atomic mass is 32.1. The Morgan fingerprint density at radius 2 is 0.559 bits per heavy atom. The summed E-state index contributed by atoms with van der Waals surface area (Å²) < 4.78 is 0. The lowest BCUT2D eigenvalue weighted by molar-refractivity contribution is -0.0948. The highest BCUT2D eigenvalue weighted by Crippen LogP contribution is 2.29. The molecule has 3 N–H and O–H groups in total. The number of hydrogen-bond acceptors (Lipinski definition) is 4. The lowest BCUT2D eigenvalue weighted by Gasteiger charge is -2.36. The van der Waals surface area contributed by atoms with Crippen LogP contribution in [0, 0.1) is 0 Å². The smallest absolute Gasteiger partial charge is 0.124 e. The normalized spacial score (nSPS) is 13.9. The van der Waals surface area contributed by atoms with E-state index in [0.29, 0.717) is 24.1 Å². The van der Waals surface area contributed by atoms with Crippen molar-refractivity contribution in [1.82, 2.24) is 0 Å². The largest absolute Gasteiger partial charge is 0.390 e. The van der Waals surface area contributed by atoms with Crippen molar-refractivity contribution in [3.8, 4) is 0 Å². The molecule has 0 spiro atoms. The molecule has 0 bridgehead atoms. The number of unbranched alkanes of at least 4 members (excludes halogenated alkanes) is 42. The SMILES string of the molecule is CCCCCCCCCCCCCCCCCCC(O)C(O)C(O)(CCCCCCCCCCCCCCCCCC)C(=S)CCCCCCCCCCCCCCC. The lowest BCUT2D eigenvalue weighted by Crippen LogP contribution is -2.54. The fraction of sp³-hybridized carbons (Fsp3) is 0.982. The van der Waals surface area contributed by atoms with Crippen molar-refractivity contribution in [1.29, 1.82) is 0 Å². The van der Waals surface area contributed by atoms with Crippen LogP contribution in [0.15, 0.2) is 0 Å². The van der Waals surface area contributed by atoms with Crippen molar-refractivity contribution in [3.63, 3.8) is 0 Å². The Labute approximate surface area is 377 Å². The van der Waals surface area contributed by atoms with Crippen LogP contribution in [0.2, 0.25) is 0 Å². The van der Waals surface area contributed by atoms with Crippen LogP contribution in [0.5, 0.6) is 0 Å². The predicted octanol–water partition coefficient (Wildman–Crippen LogP) is 18.6. The van der Waals surface area contributed by atoms with E-state index in [0.717, 1.165) is 38.5 Å². The number of aliphatic hydroxyl groups excluding tert-OH is 2. The molecule has 4 heteroatoms. The lowest BCUT2D eigenvalue weighted by atomic mass is 9.81. The summed E-state index contributed by atoms with van der Waals surface area (Å²) in [5, 5.41) is 34.7. The fourth-order valence-corrected chi connectivity index (χ4v) is 9.66. The van der Waals surface area contributed by atoms with E-state index in [1.165, 1.54) is 250 Å². The van der Waals surface area contributed by atoms with E-state index in [9.17, 15) is 15.3 Å². The van der Waals surface area contributed by atoms with Crippen LogP contribution >= 0.6 is 12.2 Å². The maximum atomic E-state index is 12.0. The molecule has 0 aliphatic heterocycles. The van der Waals surface area contributed by atoms with Crippen molar-refractivity contribution in [2.45, 2.75) is 347 Å². The first kappa shape index (κ1) is 59.0. The van der Waals surface area contributed by atoms with Crippen LogP contribution in [-0.4, -0.2) is 38.0 Å². The quantitative estimate of drug-likeness (QED) is 0.0421. The van der Waals surface area contributed by atoms with E-state index in [1.807, 2.05) is 0 Å². The molecular formula is C55H110O3S. The zero-order chi connectivity index (χ0) is 43.2. The van der Waals surface area contributed by atoms with Gasteiger partial charge in [-0.25, -0.2) is 0 Å². The summed E-state index contributed by atoms with van der Waals surface area (Å²) >= 11 is 5.91. The Morgan fingerprint density at radius 3 is 0.831 bits per heavy atom. The fourth-order valence-electron chi connectivity index (χ4n) is 9.29. The molecule has 3 nitrogen and oxygen atoms in total. The third-order valence-electron chi connectivity index (χ3n) is 13.6. The molecule has 0 aliphatic rings. The summed E-state index contributed by atoms with van der Waals surface area (Å²) in [6.45, 7) is 6.87. The summed E-state index contributed by atoms with van der Waals surface area (Å²) in [7, 11) is 0. The molecule has 0 fully saturated rings. The van der Waals surface area contributed by atoms with Gasteiger partial charge in [0.15, 0.2) is 0 Å². The molecule has 0 rings (SSSR count). The van der Waals surface area contributed by atoms with Gasteiger partial charge in [0.05, 0.1) is 6.10 Å². The van der Waals surface area contributed by atoms with Gasteiger partial charge in [0, 0.05) is 4.86 Å². The van der Waals surface area contributed by atoms with E-state index in [-0.39, 0.29) is 0 Å². The van der Waals surface area contributed by atoms with Crippen molar-refractivity contribution in [2.24, 2.45) is 0 Å². The number of hydrogen-bond donors (Lipinski definition) is 3. The first-order valence-corrected chi connectivity index (χ1v) is 28.0. The molecule has 0 aromatic carbocycles. The second kappa shape index (κ2) is 47.4. The van der Waals surface area contributed by atoms with Gasteiger partial charge >= 0.3 is 0 Å². The highest BCUT2D eigenvalue weighted by molar-refractivity contribution is 7.80. The molecule has 3 atom stereocenters. The van der Waals surface area contributed by atoms with Gasteiger partial charge in [0.25, 0.3) is 0 Å². The van der Waals surface area contributed by atoms with Crippen LogP contribution in [0.1, 0.15) is 329 Å². The summed E-state index contributed by atoms with van der Waals surface area (Å²) in [5.74, 6) is 0. The number of rotatable bonds is 51. The van der Waals surface area contributed by atoms with E-state index in [2.05, 4.69) is 20.8 Å². The highest BCUT2D eigenvalue weighted by Gasteiger charge is 2.42. The van der Waals surface area contributed by atoms with Gasteiger partial charge in [0.2, 0.25) is 0 Å². The van der Waals surface area contributed by atoms with Crippen molar-refractivity contribution >= 4 is 17.1 Å². The molecule has 354 valence electrons. The van der Waals surface area contributed by atoms with E-state index < -0.39 is 17.8 Å². The van der Waals surface area contributed by atoms with Crippen molar-refractivity contribution < 1.29 is 15.3 Å². The Hall–Kier alpha value is -0.0300. The maximum Gasteiger partial charge on any atom is 0.124 e. The first-order valence-electron chi connectivity index (χ1n) is 27.6. The molecule has 3 unspecified atom stereocenters. The molecule has 0 saturated carbocycles. The van der Waals surface area contributed by atoms with Crippen molar-refractivity contribution in [3.05, 3.63) is 0 Å². The second-order valence-corrected chi connectivity index (χ2v) is 20.0. The molecule has 0 radical (unpaired) electrons. The maximum absolute atomic E-state index is 12.0. The average Bonchev–Trinajstić information content (AvgIpc) is 3.24. The van der Waals surface area contributed by atoms with Crippen molar-refractivity contribution in [2.75, 3.05) is 0 Å². The number of thiocarbonyl (C=S) groups is 1. The molecule has 0 heterocycles. The van der Waals surface area contributed by atoms with E-state index in [4.69, 9.17) is 12.2 Å². The zero-order valence-electron chi connectivity index (χ0n) is 40.8. The topological polar surface area (TPSA) is 60.7 Å². The molecule has 0 aromatic rings. The Bertz CT molecular complexity index is 818. The van der Waals surface area contributed by atoms with Crippen LogP contribution in [-0.2, 0) is 0 Å². The van der Waals surface area contributed by atoms with Crippen LogP contribution in [0.3, 0.4) is 0 Å². The molecule has 59 heavy (non-hydrogen) atoms. The third kappa shape index (κ3) is 39.3. The molecule has 0 amide bonds. The third-order valence-corrected chi connectivity index (χ3v) is 14.2. The van der Waals surface area contributed by atoms with Crippen LogP contribution < -0.4 is 0 Å². The minimum absolute atomic E-state index is 0.472. The van der Waals surface area contributed by atoms with Gasteiger partial charge in [0.1, 0.15) is 11.7 Å². The molecule has 0 aliphatic carbocycles. The van der Waals surface area contributed by atoms with Crippen LogP contribution in [0.4, 0.5) is 0 Å². The van der Waals surface area contributed by atoms with Crippen LogP contribution in [0.25, 0.3) is 0 Å². The minimum Gasteiger partial charge on any atom is -0.390 e. The molecule has 0 saturated heterocycles. The first-order chi connectivity index (χ1) is 28.9. The van der Waals surface area contributed by atoms with Gasteiger partial charge < -0.3 is 15.3 Å². The van der Waals surface area contributed by atoms with E-state index in [1.54, 1.807) is 0 Å². The van der Waals surface area contributed by atoms with Gasteiger partial charge in [-0.1, -0.05) is 316 Å². The number of aliphatic hydroxyl groups is 3. The van der Waals surface area contributed by atoms with E-state index >= 15 is 0 Å². The zero-order valence-corrected chi connectivity index (χ0v) is 41.7. The summed E-state index contributed by atoms with van der Waals surface area (Å²) in [6.07, 6.45) is 58.7. The minimum atomic E-state index is -1.46. The monoisotopic (exact) mass is 851 g/mol. The average molecular weight is 852 g/mol. The summed E-state index contributed by atoms with van der Waals surface area (Å²) in [4.78, 5) is 0.583. The van der Waals surface area contributed by atoms with Gasteiger partial charge in [-0.2, -0.15) is 0 Å². The molecule has 0 aromatic heterocycles. The summed E-state index contributed by atoms with van der Waals surface area (Å²) in [5.41, 5.74) is -1.46.